The minimum atomic E-state index is -0.460. The smallest absolute Gasteiger partial charge is 0.410 e. The van der Waals surface area contributed by atoms with Crippen LogP contribution in [-0.4, -0.2) is 215 Å². The SMILES string of the molecule is CC(C)(C)OC(=O)N1CCC(=O)CC1.CN1CCN(C2CCN(C(=O)OC(C)(C)C)CC2)CC1.CN1CCN(C2CCNCC2)CC1.CN1CCNCC1. The first-order chi connectivity index (χ1) is 25.5. The number of likely N-dealkylation sites (N-methyl/N-ethyl adjacent to an activating group) is 3. The Balaban J connectivity index is 0.000000204. The number of hydrogen-bond donors (Lipinski definition) is 2. The van der Waals surface area contributed by atoms with Gasteiger partial charge in [-0.25, -0.2) is 9.59 Å². The number of piperazine rings is 3. The highest BCUT2D eigenvalue weighted by Crippen LogP contribution is 2.20. The van der Waals surface area contributed by atoms with Gasteiger partial charge in [-0.2, -0.15) is 0 Å². The molecule has 0 aromatic heterocycles. The summed E-state index contributed by atoms with van der Waals surface area (Å²) in [6.45, 7) is 30.8. The number of ether oxygens (including phenoxy) is 2. The summed E-state index contributed by atoms with van der Waals surface area (Å²) in [5, 5.41) is 6.70. The zero-order chi connectivity index (χ0) is 39.7. The maximum atomic E-state index is 12.0. The fourth-order valence-electron chi connectivity index (χ4n) is 7.33. The van der Waals surface area contributed by atoms with Gasteiger partial charge in [0.25, 0.3) is 0 Å². The van der Waals surface area contributed by atoms with E-state index in [9.17, 15) is 14.4 Å². The van der Waals surface area contributed by atoms with Crippen LogP contribution in [0.2, 0.25) is 0 Å². The van der Waals surface area contributed by atoms with E-state index in [1.54, 1.807) is 4.90 Å². The number of piperidine rings is 3. The molecule has 0 unspecified atom stereocenters. The molecule has 54 heavy (non-hydrogen) atoms. The zero-order valence-electron chi connectivity index (χ0n) is 35.8. The highest BCUT2D eigenvalue weighted by Gasteiger charge is 2.31. The summed E-state index contributed by atoms with van der Waals surface area (Å²) in [4.78, 5) is 50.3. The zero-order valence-corrected chi connectivity index (χ0v) is 35.8. The van der Waals surface area contributed by atoms with Crippen molar-refractivity contribution in [2.75, 3.05) is 139 Å². The molecule has 0 saturated carbocycles. The number of ketones is 1. The number of carbonyl (C=O) groups is 3. The number of Topliss-reactive ketones (excluding diaryl/α,β-unsaturated/α-hetero) is 1. The third kappa shape index (κ3) is 18.7. The predicted octanol–water partition coefficient (Wildman–Crippen LogP) is 2.73. The summed E-state index contributed by atoms with van der Waals surface area (Å²) in [7, 11) is 6.56. The van der Waals surface area contributed by atoms with Crippen LogP contribution in [0.3, 0.4) is 0 Å². The summed E-state index contributed by atoms with van der Waals surface area (Å²) in [5.41, 5.74) is -0.857. The quantitative estimate of drug-likeness (QED) is 0.431. The third-order valence-corrected chi connectivity index (χ3v) is 10.8. The van der Waals surface area contributed by atoms with Crippen molar-refractivity contribution in [2.24, 2.45) is 0 Å². The summed E-state index contributed by atoms with van der Waals surface area (Å²) in [6.07, 6.45) is 5.29. The molecule has 14 nitrogen and oxygen atoms in total. The molecule has 314 valence electrons. The van der Waals surface area contributed by atoms with Crippen molar-refractivity contribution in [3.8, 4) is 0 Å². The number of amides is 2. The lowest BCUT2D eigenvalue weighted by molar-refractivity contribution is -0.121. The number of carbonyl (C=O) groups excluding carboxylic acids is 3. The van der Waals surface area contributed by atoms with Crippen molar-refractivity contribution in [1.82, 2.24) is 44.9 Å². The molecule has 0 aromatic carbocycles. The molecule has 2 amide bonds. The van der Waals surface area contributed by atoms with Gasteiger partial charge in [0, 0.05) is 130 Å². The largest absolute Gasteiger partial charge is 0.444 e. The lowest BCUT2D eigenvalue weighted by Gasteiger charge is -2.42. The van der Waals surface area contributed by atoms with E-state index in [4.69, 9.17) is 9.47 Å². The fraction of sp³-hybridized carbons (Fsp3) is 0.925. The van der Waals surface area contributed by atoms with Crippen molar-refractivity contribution in [3.63, 3.8) is 0 Å². The van der Waals surface area contributed by atoms with E-state index in [1.807, 2.05) is 46.4 Å². The van der Waals surface area contributed by atoms with Crippen molar-refractivity contribution in [1.29, 1.82) is 0 Å². The average Bonchev–Trinajstić information content (AvgIpc) is 3.13. The topological polar surface area (TPSA) is 116 Å². The van der Waals surface area contributed by atoms with E-state index in [1.165, 1.54) is 65.2 Å². The van der Waals surface area contributed by atoms with Gasteiger partial charge in [0.15, 0.2) is 0 Å². The molecule has 0 aromatic rings. The van der Waals surface area contributed by atoms with Crippen molar-refractivity contribution in [3.05, 3.63) is 0 Å². The Kier molecular flexibility index (Phi) is 19.9. The summed E-state index contributed by atoms with van der Waals surface area (Å²) < 4.78 is 10.6. The summed E-state index contributed by atoms with van der Waals surface area (Å²) >= 11 is 0. The molecule has 0 spiro atoms. The van der Waals surface area contributed by atoms with Crippen LogP contribution >= 0.6 is 0 Å². The Morgan fingerprint density at radius 3 is 1.22 bits per heavy atom. The van der Waals surface area contributed by atoms with E-state index in [0.717, 1.165) is 71.2 Å². The second-order valence-corrected chi connectivity index (χ2v) is 17.9. The lowest BCUT2D eigenvalue weighted by Crippen LogP contribution is -2.53. The Labute approximate surface area is 328 Å². The monoisotopic (exact) mass is 766 g/mol. The summed E-state index contributed by atoms with van der Waals surface area (Å²) in [5.74, 6) is 0.227. The van der Waals surface area contributed by atoms with E-state index < -0.39 is 11.2 Å². The second kappa shape index (κ2) is 23.2. The van der Waals surface area contributed by atoms with Gasteiger partial charge >= 0.3 is 12.2 Å². The van der Waals surface area contributed by atoms with Crippen molar-refractivity contribution >= 4 is 18.0 Å². The molecule has 0 radical (unpaired) electrons. The van der Waals surface area contributed by atoms with Crippen LogP contribution in [0.25, 0.3) is 0 Å². The Hall–Kier alpha value is -2.07. The Morgan fingerprint density at radius 1 is 0.500 bits per heavy atom. The lowest BCUT2D eigenvalue weighted by atomic mass is 10.0. The van der Waals surface area contributed by atoms with Gasteiger partial charge in [-0.1, -0.05) is 0 Å². The summed E-state index contributed by atoms with van der Waals surface area (Å²) in [6, 6.07) is 1.51. The van der Waals surface area contributed by atoms with Gasteiger partial charge in [0.05, 0.1) is 0 Å². The molecule has 0 bridgehead atoms. The van der Waals surface area contributed by atoms with Crippen LogP contribution in [0, 0.1) is 0 Å². The Morgan fingerprint density at radius 2 is 0.852 bits per heavy atom. The van der Waals surface area contributed by atoms with Crippen LogP contribution in [0.5, 0.6) is 0 Å². The highest BCUT2D eigenvalue weighted by atomic mass is 16.6. The average molecular weight is 766 g/mol. The van der Waals surface area contributed by atoms with Gasteiger partial charge in [0.1, 0.15) is 17.0 Å². The normalized spacial score (nSPS) is 23.9. The van der Waals surface area contributed by atoms with Gasteiger partial charge < -0.3 is 44.6 Å². The van der Waals surface area contributed by atoms with Gasteiger partial charge in [0.2, 0.25) is 0 Å². The van der Waals surface area contributed by atoms with Crippen LogP contribution in [0.1, 0.15) is 80.1 Å². The molecule has 2 N–H and O–H groups in total. The number of hydrogen-bond acceptors (Lipinski definition) is 12. The van der Waals surface area contributed by atoms with Crippen LogP contribution in [-0.2, 0) is 14.3 Å². The van der Waals surface area contributed by atoms with Crippen LogP contribution in [0.4, 0.5) is 9.59 Å². The maximum Gasteiger partial charge on any atom is 0.410 e. The molecule has 0 atom stereocenters. The Bertz CT molecular complexity index is 1070. The van der Waals surface area contributed by atoms with E-state index in [0.29, 0.717) is 32.0 Å². The molecule has 6 aliphatic rings. The molecule has 6 saturated heterocycles. The van der Waals surface area contributed by atoms with Gasteiger partial charge in [-0.05, 0) is 101 Å². The van der Waals surface area contributed by atoms with Crippen molar-refractivity contribution in [2.45, 2.75) is 103 Å². The molecular formula is C40H79N9O5. The first-order valence-electron chi connectivity index (χ1n) is 20.9. The first-order valence-corrected chi connectivity index (χ1v) is 20.9. The number of rotatable bonds is 2. The molecule has 6 aliphatic heterocycles. The van der Waals surface area contributed by atoms with Crippen LogP contribution < -0.4 is 10.6 Å². The standard InChI is InChI=1S/C15H29N3O2.C10H21N3.C10H17NO3.C5H12N2/c1-15(2,3)20-14(19)18-7-5-13(6-8-18)17-11-9-16(4)10-12-17;1-12-6-8-13(9-7-12)10-2-4-11-5-3-10;1-10(2,3)14-9(13)11-6-4-8(12)5-7-11;1-7-4-2-6-3-5-7/h13H,5-12H2,1-4H3;10-11H,2-9H2,1H3;4-7H2,1-3H3;6H,2-5H2,1H3. The second-order valence-electron chi connectivity index (χ2n) is 17.9. The molecule has 6 fully saturated rings. The minimum Gasteiger partial charge on any atom is -0.444 e. The highest BCUT2D eigenvalue weighted by molar-refractivity contribution is 5.81. The number of nitrogens with zero attached hydrogens (tertiary/aromatic N) is 7. The minimum absolute atomic E-state index is 0.158. The van der Waals surface area contributed by atoms with Gasteiger partial charge in [-0.15, -0.1) is 0 Å². The van der Waals surface area contributed by atoms with Crippen molar-refractivity contribution < 1.29 is 23.9 Å². The molecule has 0 aliphatic carbocycles. The fourth-order valence-corrected chi connectivity index (χ4v) is 7.33. The van der Waals surface area contributed by atoms with E-state index in [2.05, 4.69) is 56.3 Å². The van der Waals surface area contributed by atoms with E-state index >= 15 is 0 Å². The third-order valence-electron chi connectivity index (χ3n) is 10.8. The number of nitrogens with one attached hydrogen (secondary N) is 2. The van der Waals surface area contributed by atoms with Crippen LogP contribution in [0.15, 0.2) is 0 Å². The molecule has 14 heteroatoms. The number of likely N-dealkylation sites (tertiary alicyclic amines) is 2. The molecule has 6 rings (SSSR count). The maximum absolute atomic E-state index is 12.0. The predicted molar refractivity (Wildman–Crippen MR) is 217 cm³/mol. The van der Waals surface area contributed by atoms with E-state index in [-0.39, 0.29) is 18.0 Å². The molecule has 6 heterocycles. The van der Waals surface area contributed by atoms with Gasteiger partial charge in [-0.3, -0.25) is 14.6 Å². The first kappa shape index (κ1) is 46.3. The molecular weight excluding hydrogens is 686 g/mol.